The molecule has 1 atom stereocenters. The van der Waals surface area contributed by atoms with Gasteiger partial charge in [0.2, 0.25) is 5.91 Å². The van der Waals surface area contributed by atoms with Gasteiger partial charge in [-0.2, -0.15) is 0 Å². The smallest absolute Gasteiger partial charge is 0.223 e. The van der Waals surface area contributed by atoms with Gasteiger partial charge in [-0.1, -0.05) is 18.2 Å². The van der Waals surface area contributed by atoms with Gasteiger partial charge in [-0.3, -0.25) is 4.79 Å². The SMILES string of the molecule is COCC1(CNC(=O)CCOc2ccccc2)CCCN1. The zero-order valence-corrected chi connectivity index (χ0v) is 12.6. The molecule has 1 heterocycles. The maximum absolute atomic E-state index is 11.9. The molecule has 1 amide bonds. The summed E-state index contributed by atoms with van der Waals surface area (Å²) in [5, 5.41) is 6.41. The number of rotatable bonds is 8. The second kappa shape index (κ2) is 8.00. The topological polar surface area (TPSA) is 59.6 Å². The van der Waals surface area contributed by atoms with Gasteiger partial charge in [0.25, 0.3) is 0 Å². The van der Waals surface area contributed by atoms with Crippen molar-refractivity contribution in [2.75, 3.05) is 33.4 Å². The van der Waals surface area contributed by atoms with E-state index in [2.05, 4.69) is 10.6 Å². The van der Waals surface area contributed by atoms with Crippen molar-refractivity contribution in [3.63, 3.8) is 0 Å². The van der Waals surface area contributed by atoms with E-state index >= 15 is 0 Å². The van der Waals surface area contributed by atoms with Gasteiger partial charge < -0.3 is 20.1 Å². The zero-order valence-electron chi connectivity index (χ0n) is 12.6. The van der Waals surface area contributed by atoms with Crippen molar-refractivity contribution in [3.8, 4) is 5.75 Å². The molecule has 1 aromatic rings. The molecule has 2 N–H and O–H groups in total. The lowest BCUT2D eigenvalue weighted by molar-refractivity contribution is -0.122. The molecule has 1 aliphatic heterocycles. The summed E-state index contributed by atoms with van der Waals surface area (Å²) < 4.78 is 10.8. The highest BCUT2D eigenvalue weighted by Gasteiger charge is 2.33. The molecule has 1 unspecified atom stereocenters. The van der Waals surface area contributed by atoms with Crippen molar-refractivity contribution < 1.29 is 14.3 Å². The normalized spacial score (nSPS) is 21.2. The average molecular weight is 292 g/mol. The fraction of sp³-hybridized carbons (Fsp3) is 0.562. The molecule has 0 bridgehead atoms. The largest absolute Gasteiger partial charge is 0.493 e. The number of hydrogen-bond acceptors (Lipinski definition) is 4. The third-order valence-corrected chi connectivity index (χ3v) is 3.72. The molecule has 1 fully saturated rings. The van der Waals surface area contributed by atoms with Crippen LogP contribution in [0.15, 0.2) is 30.3 Å². The maximum Gasteiger partial charge on any atom is 0.223 e. The van der Waals surface area contributed by atoms with E-state index < -0.39 is 0 Å². The molecule has 0 aliphatic carbocycles. The van der Waals surface area contributed by atoms with Gasteiger partial charge in [0.05, 0.1) is 25.2 Å². The van der Waals surface area contributed by atoms with Gasteiger partial charge in [0.15, 0.2) is 0 Å². The highest BCUT2D eigenvalue weighted by atomic mass is 16.5. The highest BCUT2D eigenvalue weighted by molar-refractivity contribution is 5.76. The number of benzene rings is 1. The Labute approximate surface area is 126 Å². The first kappa shape index (κ1) is 15.8. The van der Waals surface area contributed by atoms with Crippen molar-refractivity contribution >= 4 is 5.91 Å². The third-order valence-electron chi connectivity index (χ3n) is 3.72. The highest BCUT2D eigenvalue weighted by Crippen LogP contribution is 2.18. The fourth-order valence-electron chi connectivity index (χ4n) is 2.60. The van der Waals surface area contributed by atoms with E-state index in [9.17, 15) is 4.79 Å². The quantitative estimate of drug-likeness (QED) is 0.759. The van der Waals surface area contributed by atoms with Gasteiger partial charge >= 0.3 is 0 Å². The van der Waals surface area contributed by atoms with Crippen LogP contribution in [0.1, 0.15) is 19.3 Å². The summed E-state index contributed by atoms with van der Waals surface area (Å²) in [7, 11) is 1.69. The van der Waals surface area contributed by atoms with E-state index in [1.54, 1.807) is 7.11 Å². The standard InChI is InChI=1S/C16H24N2O3/c1-20-13-16(9-5-10-18-16)12-17-15(19)8-11-21-14-6-3-2-4-7-14/h2-4,6-7,18H,5,8-13H2,1H3,(H,17,19). The van der Waals surface area contributed by atoms with Crippen molar-refractivity contribution in [2.45, 2.75) is 24.8 Å². The third kappa shape index (κ3) is 5.02. The molecule has 1 aromatic carbocycles. The lowest BCUT2D eigenvalue weighted by Gasteiger charge is -2.28. The van der Waals surface area contributed by atoms with Crippen LogP contribution in [0.25, 0.3) is 0 Å². The van der Waals surface area contributed by atoms with Crippen LogP contribution in [0.5, 0.6) is 5.75 Å². The van der Waals surface area contributed by atoms with Crippen LogP contribution in [0, 0.1) is 0 Å². The van der Waals surface area contributed by atoms with Crippen LogP contribution in [0.2, 0.25) is 0 Å². The van der Waals surface area contributed by atoms with Crippen molar-refractivity contribution in [1.29, 1.82) is 0 Å². The molecule has 0 saturated carbocycles. The van der Waals surface area contributed by atoms with Crippen molar-refractivity contribution in [1.82, 2.24) is 10.6 Å². The van der Waals surface area contributed by atoms with E-state index in [1.807, 2.05) is 30.3 Å². The Morgan fingerprint density at radius 3 is 2.86 bits per heavy atom. The van der Waals surface area contributed by atoms with Crippen LogP contribution in [-0.4, -0.2) is 44.9 Å². The molecule has 116 valence electrons. The van der Waals surface area contributed by atoms with Gasteiger partial charge in [-0.15, -0.1) is 0 Å². The van der Waals surface area contributed by atoms with E-state index in [1.165, 1.54) is 0 Å². The Morgan fingerprint density at radius 1 is 1.38 bits per heavy atom. The number of para-hydroxylation sites is 1. The van der Waals surface area contributed by atoms with Crippen LogP contribution in [0.3, 0.4) is 0 Å². The Balaban J connectivity index is 1.67. The Bertz CT molecular complexity index is 430. The Hall–Kier alpha value is -1.59. The maximum atomic E-state index is 11.9. The fourth-order valence-corrected chi connectivity index (χ4v) is 2.60. The van der Waals surface area contributed by atoms with Crippen LogP contribution >= 0.6 is 0 Å². The van der Waals surface area contributed by atoms with Gasteiger partial charge in [0, 0.05) is 13.7 Å². The molecule has 5 heteroatoms. The molecule has 1 aliphatic rings. The Kier molecular flexibility index (Phi) is 6.02. The summed E-state index contributed by atoms with van der Waals surface area (Å²) >= 11 is 0. The van der Waals surface area contributed by atoms with E-state index in [0.29, 0.717) is 26.2 Å². The summed E-state index contributed by atoms with van der Waals surface area (Å²) in [5.74, 6) is 0.800. The number of hydrogen-bond donors (Lipinski definition) is 2. The van der Waals surface area contributed by atoms with Crippen LogP contribution in [0.4, 0.5) is 0 Å². The minimum Gasteiger partial charge on any atom is -0.493 e. The van der Waals surface area contributed by atoms with E-state index in [-0.39, 0.29) is 11.4 Å². The minimum absolute atomic E-state index is 0.00936. The first-order chi connectivity index (χ1) is 10.2. The lowest BCUT2D eigenvalue weighted by Crippen LogP contribution is -2.53. The minimum atomic E-state index is -0.106. The molecule has 0 spiro atoms. The Morgan fingerprint density at radius 2 is 2.19 bits per heavy atom. The molecular formula is C16H24N2O3. The number of carbonyl (C=O) groups is 1. The molecule has 1 saturated heterocycles. The summed E-state index contributed by atoms with van der Waals surface area (Å²) in [4.78, 5) is 11.9. The van der Waals surface area contributed by atoms with Gasteiger partial charge in [-0.05, 0) is 31.5 Å². The lowest BCUT2D eigenvalue weighted by atomic mass is 9.98. The first-order valence-corrected chi connectivity index (χ1v) is 7.43. The predicted octanol–water partition coefficient (Wildman–Crippen LogP) is 1.34. The van der Waals surface area contributed by atoms with E-state index in [4.69, 9.17) is 9.47 Å². The summed E-state index contributed by atoms with van der Waals surface area (Å²) in [6.45, 7) is 2.59. The second-order valence-corrected chi connectivity index (χ2v) is 5.43. The number of amides is 1. The monoisotopic (exact) mass is 292 g/mol. The number of methoxy groups -OCH3 is 1. The number of nitrogens with one attached hydrogen (secondary N) is 2. The summed E-state index contributed by atoms with van der Waals surface area (Å²) in [6, 6.07) is 9.52. The number of ether oxygens (including phenoxy) is 2. The summed E-state index contributed by atoms with van der Waals surface area (Å²) in [6.07, 6.45) is 2.51. The molecule has 0 radical (unpaired) electrons. The van der Waals surface area contributed by atoms with Gasteiger partial charge in [0.1, 0.15) is 5.75 Å². The molecular weight excluding hydrogens is 268 g/mol. The number of carbonyl (C=O) groups excluding carboxylic acids is 1. The van der Waals surface area contributed by atoms with Crippen LogP contribution < -0.4 is 15.4 Å². The van der Waals surface area contributed by atoms with Crippen molar-refractivity contribution in [3.05, 3.63) is 30.3 Å². The predicted molar refractivity (Wildman–Crippen MR) is 81.4 cm³/mol. The molecule has 21 heavy (non-hydrogen) atoms. The summed E-state index contributed by atoms with van der Waals surface area (Å²) in [5.41, 5.74) is -0.106. The molecule has 5 nitrogen and oxygen atoms in total. The molecule has 0 aromatic heterocycles. The van der Waals surface area contributed by atoms with Crippen molar-refractivity contribution in [2.24, 2.45) is 0 Å². The molecule has 2 rings (SSSR count). The van der Waals surface area contributed by atoms with E-state index in [0.717, 1.165) is 25.1 Å². The average Bonchev–Trinajstić information content (AvgIpc) is 2.96. The second-order valence-electron chi connectivity index (χ2n) is 5.43. The van der Waals surface area contributed by atoms with Gasteiger partial charge in [-0.25, -0.2) is 0 Å². The van der Waals surface area contributed by atoms with Crippen LogP contribution in [-0.2, 0) is 9.53 Å². The first-order valence-electron chi connectivity index (χ1n) is 7.43. The zero-order chi connectivity index (χ0) is 15.0.